The highest BCUT2D eigenvalue weighted by molar-refractivity contribution is 5.98. The van der Waals surface area contributed by atoms with Gasteiger partial charge in [-0.3, -0.25) is 4.79 Å². The minimum atomic E-state index is -0.250. The third-order valence-corrected chi connectivity index (χ3v) is 7.76. The first-order valence-corrected chi connectivity index (χ1v) is 13.2. The standard InChI is InChI=1S/C29H40N6O/c1-20(30-4)21(2)33-28(23-11-6-5-7-12-23)22(3)35-16-10-15-27(35)29(36)34-26-14-9-8-13-25(26)24-17-31-19-32-18-24/h8-9,13-14,17-20,23,27-28,30,33H,2-3,5-7,10-12,15-16H2,1,4H3,(H,34,36)/t20-,27-,28+/m0/s1. The highest BCUT2D eigenvalue weighted by atomic mass is 16.2. The molecule has 7 heteroatoms. The maximum atomic E-state index is 13.6. The van der Waals surface area contributed by atoms with Crippen molar-refractivity contribution in [3.63, 3.8) is 0 Å². The van der Waals surface area contributed by atoms with Crippen LogP contribution in [0.3, 0.4) is 0 Å². The molecule has 3 atom stereocenters. The van der Waals surface area contributed by atoms with Gasteiger partial charge in [0, 0.05) is 53.2 Å². The minimum Gasteiger partial charge on any atom is -0.379 e. The fourth-order valence-electron chi connectivity index (χ4n) is 5.50. The van der Waals surface area contributed by atoms with Gasteiger partial charge in [0.2, 0.25) is 5.91 Å². The smallest absolute Gasteiger partial charge is 0.247 e. The number of likely N-dealkylation sites (tertiary alicyclic amines) is 1. The number of amides is 1. The second-order valence-electron chi connectivity index (χ2n) is 10.1. The highest BCUT2D eigenvalue weighted by Crippen LogP contribution is 2.34. The van der Waals surface area contributed by atoms with Gasteiger partial charge in [-0.2, -0.15) is 0 Å². The Bertz CT molecular complexity index is 1050. The van der Waals surface area contributed by atoms with Crippen LogP contribution in [0.1, 0.15) is 51.9 Å². The Morgan fingerprint density at radius 2 is 1.78 bits per heavy atom. The second-order valence-corrected chi connectivity index (χ2v) is 10.1. The SMILES string of the molecule is C=C(N[C@H](C(=C)N1CCC[C@H]1C(=O)Nc1ccccc1-c1cncnc1)C1CCCCC1)[C@H](C)NC. The molecule has 1 aliphatic carbocycles. The van der Waals surface area contributed by atoms with E-state index in [1.807, 2.05) is 31.3 Å². The van der Waals surface area contributed by atoms with Gasteiger partial charge in [0.05, 0.1) is 6.04 Å². The van der Waals surface area contributed by atoms with E-state index in [-0.39, 0.29) is 24.0 Å². The summed E-state index contributed by atoms with van der Waals surface area (Å²) in [5.41, 5.74) is 4.53. The van der Waals surface area contributed by atoms with Gasteiger partial charge >= 0.3 is 0 Å². The van der Waals surface area contributed by atoms with E-state index in [1.165, 1.54) is 38.4 Å². The molecule has 0 unspecified atom stereocenters. The van der Waals surface area contributed by atoms with Crippen molar-refractivity contribution in [2.75, 3.05) is 18.9 Å². The molecule has 1 saturated heterocycles. The average Bonchev–Trinajstić information content (AvgIpc) is 3.42. The molecule has 2 aliphatic rings. The summed E-state index contributed by atoms with van der Waals surface area (Å²) in [6, 6.07) is 7.80. The summed E-state index contributed by atoms with van der Waals surface area (Å²) in [4.78, 5) is 24.1. The second kappa shape index (κ2) is 12.2. The molecular formula is C29H40N6O. The Morgan fingerprint density at radius 3 is 2.50 bits per heavy atom. The summed E-state index contributed by atoms with van der Waals surface area (Å²) in [6.45, 7) is 11.8. The molecule has 2 aromatic rings. The van der Waals surface area contributed by atoms with Crippen molar-refractivity contribution in [3.8, 4) is 11.1 Å². The first kappa shape index (κ1) is 25.9. The fraction of sp³-hybridized carbons (Fsp3) is 0.483. The Morgan fingerprint density at radius 1 is 1.06 bits per heavy atom. The first-order chi connectivity index (χ1) is 17.5. The normalized spacial score (nSPS) is 19.9. The largest absolute Gasteiger partial charge is 0.379 e. The summed E-state index contributed by atoms with van der Waals surface area (Å²) < 4.78 is 0. The van der Waals surface area contributed by atoms with Crippen LogP contribution in [0.25, 0.3) is 11.1 Å². The van der Waals surface area contributed by atoms with Crippen molar-refractivity contribution in [1.82, 2.24) is 25.5 Å². The van der Waals surface area contributed by atoms with Crippen LogP contribution in [-0.4, -0.2) is 52.5 Å². The molecule has 192 valence electrons. The molecule has 1 amide bonds. The van der Waals surface area contributed by atoms with E-state index < -0.39 is 0 Å². The topological polar surface area (TPSA) is 82.2 Å². The zero-order valence-corrected chi connectivity index (χ0v) is 21.7. The lowest BCUT2D eigenvalue weighted by molar-refractivity contribution is -0.119. The predicted octanol–water partition coefficient (Wildman–Crippen LogP) is 4.72. The van der Waals surface area contributed by atoms with E-state index in [4.69, 9.17) is 0 Å². The van der Waals surface area contributed by atoms with Gasteiger partial charge in [0.25, 0.3) is 0 Å². The van der Waals surface area contributed by atoms with Crippen molar-refractivity contribution in [2.45, 2.75) is 70.0 Å². The third kappa shape index (κ3) is 5.95. The number of nitrogens with zero attached hydrogens (tertiary/aromatic N) is 3. The number of likely N-dealkylation sites (N-methyl/N-ethyl adjacent to an activating group) is 1. The maximum Gasteiger partial charge on any atom is 0.247 e. The Kier molecular flexibility index (Phi) is 8.75. The summed E-state index contributed by atoms with van der Waals surface area (Å²) >= 11 is 0. The third-order valence-electron chi connectivity index (χ3n) is 7.76. The van der Waals surface area contributed by atoms with E-state index in [1.54, 1.807) is 12.4 Å². The van der Waals surface area contributed by atoms with Crippen molar-refractivity contribution < 1.29 is 4.79 Å². The van der Waals surface area contributed by atoms with E-state index >= 15 is 0 Å². The van der Waals surface area contributed by atoms with Crippen LogP contribution < -0.4 is 16.0 Å². The molecule has 2 fully saturated rings. The quantitative estimate of drug-likeness (QED) is 0.449. The Hall–Kier alpha value is -3.19. The molecule has 1 aliphatic heterocycles. The summed E-state index contributed by atoms with van der Waals surface area (Å²) in [5.74, 6) is 0.498. The summed E-state index contributed by atoms with van der Waals surface area (Å²) in [5, 5.41) is 10.2. The molecule has 0 bridgehead atoms. The predicted molar refractivity (Wildman–Crippen MR) is 146 cm³/mol. The van der Waals surface area contributed by atoms with Gasteiger partial charge in [-0.25, -0.2) is 9.97 Å². The number of carbonyl (C=O) groups is 1. The molecular weight excluding hydrogens is 448 g/mol. The lowest BCUT2D eigenvalue weighted by Crippen LogP contribution is -2.49. The van der Waals surface area contributed by atoms with Gasteiger partial charge < -0.3 is 20.9 Å². The van der Waals surface area contributed by atoms with E-state index in [2.05, 4.69) is 50.9 Å². The van der Waals surface area contributed by atoms with Crippen molar-refractivity contribution in [2.24, 2.45) is 5.92 Å². The van der Waals surface area contributed by atoms with Crippen LogP contribution in [0, 0.1) is 5.92 Å². The van der Waals surface area contributed by atoms with Gasteiger partial charge in [0.1, 0.15) is 12.4 Å². The molecule has 0 spiro atoms. The molecule has 4 rings (SSSR count). The molecule has 1 saturated carbocycles. The zero-order valence-electron chi connectivity index (χ0n) is 21.7. The number of hydrogen-bond acceptors (Lipinski definition) is 6. The van der Waals surface area contributed by atoms with Gasteiger partial charge in [-0.15, -0.1) is 0 Å². The van der Waals surface area contributed by atoms with Crippen LogP contribution >= 0.6 is 0 Å². The highest BCUT2D eigenvalue weighted by Gasteiger charge is 2.37. The number of anilines is 1. The van der Waals surface area contributed by atoms with Crippen LogP contribution in [0.15, 0.2) is 67.5 Å². The van der Waals surface area contributed by atoms with Crippen LogP contribution in [0.5, 0.6) is 0 Å². The summed E-state index contributed by atoms with van der Waals surface area (Å²) in [7, 11) is 1.95. The Labute approximate surface area is 215 Å². The van der Waals surface area contributed by atoms with Crippen molar-refractivity contribution >= 4 is 11.6 Å². The molecule has 2 heterocycles. The first-order valence-electron chi connectivity index (χ1n) is 13.2. The van der Waals surface area contributed by atoms with Crippen LogP contribution in [-0.2, 0) is 4.79 Å². The van der Waals surface area contributed by atoms with Crippen LogP contribution in [0.2, 0.25) is 0 Å². The molecule has 0 radical (unpaired) electrons. The van der Waals surface area contributed by atoms with Crippen molar-refractivity contribution in [1.29, 1.82) is 0 Å². The summed E-state index contributed by atoms with van der Waals surface area (Å²) in [6.07, 6.45) is 13.0. The lowest BCUT2D eigenvalue weighted by atomic mass is 9.82. The van der Waals surface area contributed by atoms with E-state index in [0.717, 1.165) is 47.6 Å². The zero-order chi connectivity index (χ0) is 25.5. The number of para-hydroxylation sites is 1. The average molecular weight is 489 g/mol. The van der Waals surface area contributed by atoms with Gasteiger partial charge in [-0.1, -0.05) is 50.6 Å². The number of aromatic nitrogens is 2. The number of rotatable bonds is 10. The maximum absolute atomic E-state index is 13.6. The van der Waals surface area contributed by atoms with Gasteiger partial charge in [-0.05, 0) is 51.6 Å². The van der Waals surface area contributed by atoms with Crippen LogP contribution in [0.4, 0.5) is 5.69 Å². The number of benzene rings is 1. The Balaban J connectivity index is 1.52. The monoisotopic (exact) mass is 488 g/mol. The fourth-order valence-corrected chi connectivity index (χ4v) is 5.50. The van der Waals surface area contributed by atoms with Gasteiger partial charge in [0.15, 0.2) is 0 Å². The molecule has 36 heavy (non-hydrogen) atoms. The molecule has 7 nitrogen and oxygen atoms in total. The molecule has 1 aromatic heterocycles. The van der Waals surface area contributed by atoms with E-state index in [9.17, 15) is 4.79 Å². The molecule has 1 aromatic carbocycles. The minimum absolute atomic E-state index is 0.00256. The number of hydrogen-bond donors (Lipinski definition) is 3. The number of carbonyl (C=O) groups excluding carboxylic acids is 1. The number of nitrogens with one attached hydrogen (secondary N) is 3. The molecule has 3 N–H and O–H groups in total. The van der Waals surface area contributed by atoms with Crippen molar-refractivity contribution in [3.05, 3.63) is 67.5 Å². The van der Waals surface area contributed by atoms with E-state index in [0.29, 0.717) is 5.92 Å². The lowest BCUT2D eigenvalue weighted by Gasteiger charge is -2.39.